The molecular weight excluding hydrogens is 211 g/mol. The summed E-state index contributed by atoms with van der Waals surface area (Å²) in [5.41, 5.74) is 5.81. The molecule has 16 heavy (non-hydrogen) atoms. The highest BCUT2D eigenvalue weighted by atomic mass is 19.1. The van der Waals surface area contributed by atoms with E-state index in [0.717, 1.165) is 0 Å². The average molecular weight is 226 g/mol. The molecule has 0 aliphatic carbocycles. The molecule has 0 aliphatic heterocycles. The third kappa shape index (κ3) is 3.51. The number of nitrogen functional groups attached to an aromatic ring is 1. The number of carbonyl (C=O) groups is 1. The number of nitrogens with one attached hydrogen (secondary N) is 1. The maximum atomic E-state index is 13.3. The van der Waals surface area contributed by atoms with Gasteiger partial charge in [-0.1, -0.05) is 0 Å². The Labute approximate surface area is 93.6 Å². The van der Waals surface area contributed by atoms with Crippen molar-refractivity contribution in [1.82, 2.24) is 5.32 Å². The first-order chi connectivity index (χ1) is 7.65. The van der Waals surface area contributed by atoms with E-state index in [1.165, 1.54) is 18.2 Å². The van der Waals surface area contributed by atoms with Gasteiger partial charge in [-0.3, -0.25) is 4.79 Å². The van der Waals surface area contributed by atoms with Crippen LogP contribution in [-0.4, -0.2) is 26.2 Å². The van der Waals surface area contributed by atoms with Crippen LogP contribution in [0.25, 0.3) is 0 Å². The van der Waals surface area contributed by atoms with Gasteiger partial charge >= 0.3 is 0 Å². The van der Waals surface area contributed by atoms with Crippen molar-refractivity contribution in [3.8, 4) is 0 Å². The molecule has 0 radical (unpaired) electrons. The number of rotatable bonds is 5. The molecule has 0 heterocycles. The predicted molar refractivity (Wildman–Crippen MR) is 59.6 cm³/mol. The zero-order valence-electron chi connectivity index (χ0n) is 9.13. The first kappa shape index (κ1) is 12.4. The Morgan fingerprint density at radius 2 is 2.31 bits per heavy atom. The first-order valence-corrected chi connectivity index (χ1v) is 4.97. The second-order valence-corrected chi connectivity index (χ2v) is 3.34. The lowest BCUT2D eigenvalue weighted by molar-refractivity contribution is 0.0944. The van der Waals surface area contributed by atoms with Crippen LogP contribution in [0.5, 0.6) is 0 Å². The van der Waals surface area contributed by atoms with E-state index < -0.39 is 11.7 Å². The summed E-state index contributed by atoms with van der Waals surface area (Å²) in [5, 5.41) is 2.59. The zero-order valence-corrected chi connectivity index (χ0v) is 9.13. The maximum Gasteiger partial charge on any atom is 0.254 e. The van der Waals surface area contributed by atoms with Crippen molar-refractivity contribution < 1.29 is 13.9 Å². The number of benzene rings is 1. The van der Waals surface area contributed by atoms with Gasteiger partial charge in [0.15, 0.2) is 0 Å². The molecule has 1 amide bonds. The molecule has 0 unspecified atom stereocenters. The fourth-order valence-corrected chi connectivity index (χ4v) is 1.23. The Morgan fingerprint density at radius 3 is 3.00 bits per heavy atom. The maximum absolute atomic E-state index is 13.3. The second kappa shape index (κ2) is 6.07. The quantitative estimate of drug-likeness (QED) is 0.585. The molecular formula is C11H15FN2O2. The fraction of sp³-hybridized carbons (Fsp3) is 0.364. The summed E-state index contributed by atoms with van der Waals surface area (Å²) in [6.07, 6.45) is 0.687. The van der Waals surface area contributed by atoms with Gasteiger partial charge in [0.25, 0.3) is 5.91 Å². The normalized spacial score (nSPS) is 10.1. The fourth-order valence-electron chi connectivity index (χ4n) is 1.23. The van der Waals surface area contributed by atoms with Gasteiger partial charge in [0.2, 0.25) is 0 Å². The highest BCUT2D eigenvalue weighted by Crippen LogP contribution is 2.11. The van der Waals surface area contributed by atoms with Crippen LogP contribution in [0.4, 0.5) is 10.1 Å². The van der Waals surface area contributed by atoms with Crippen molar-refractivity contribution in [2.24, 2.45) is 0 Å². The van der Waals surface area contributed by atoms with E-state index in [4.69, 9.17) is 10.5 Å². The number of halogens is 1. The molecule has 1 aromatic carbocycles. The van der Waals surface area contributed by atoms with Crippen LogP contribution < -0.4 is 11.1 Å². The molecule has 5 heteroatoms. The number of amides is 1. The SMILES string of the molecule is COCCCNC(=O)c1cc(N)ccc1F. The molecule has 0 aliphatic rings. The molecule has 0 spiro atoms. The molecule has 0 fully saturated rings. The predicted octanol–water partition coefficient (Wildman–Crippen LogP) is 1.17. The molecule has 0 atom stereocenters. The van der Waals surface area contributed by atoms with Crippen LogP contribution in [0.2, 0.25) is 0 Å². The van der Waals surface area contributed by atoms with E-state index in [2.05, 4.69) is 5.32 Å². The number of hydrogen-bond acceptors (Lipinski definition) is 3. The van der Waals surface area contributed by atoms with Crippen LogP contribution in [-0.2, 0) is 4.74 Å². The van der Waals surface area contributed by atoms with Gasteiger partial charge in [0, 0.05) is 25.9 Å². The van der Waals surface area contributed by atoms with Crippen LogP contribution in [0, 0.1) is 5.82 Å². The summed E-state index contributed by atoms with van der Waals surface area (Å²) in [4.78, 5) is 11.5. The summed E-state index contributed by atoms with van der Waals surface area (Å²) < 4.78 is 18.1. The van der Waals surface area contributed by atoms with Crippen LogP contribution >= 0.6 is 0 Å². The Hall–Kier alpha value is -1.62. The number of ether oxygens (including phenoxy) is 1. The number of nitrogens with two attached hydrogens (primary N) is 1. The topological polar surface area (TPSA) is 64.3 Å². The molecule has 0 saturated heterocycles. The second-order valence-electron chi connectivity index (χ2n) is 3.34. The van der Waals surface area contributed by atoms with E-state index in [1.54, 1.807) is 7.11 Å². The van der Waals surface area contributed by atoms with Gasteiger partial charge in [-0.2, -0.15) is 0 Å². The van der Waals surface area contributed by atoms with Crippen LogP contribution in [0.15, 0.2) is 18.2 Å². The summed E-state index contributed by atoms with van der Waals surface area (Å²) in [6, 6.07) is 3.91. The van der Waals surface area contributed by atoms with Crippen molar-refractivity contribution in [2.75, 3.05) is 26.0 Å². The Morgan fingerprint density at radius 1 is 1.56 bits per heavy atom. The van der Waals surface area contributed by atoms with Gasteiger partial charge < -0.3 is 15.8 Å². The number of hydrogen-bond donors (Lipinski definition) is 2. The monoisotopic (exact) mass is 226 g/mol. The van der Waals surface area contributed by atoms with E-state index in [9.17, 15) is 9.18 Å². The summed E-state index contributed by atoms with van der Waals surface area (Å²) in [5.74, 6) is -1.03. The minimum atomic E-state index is -0.571. The molecule has 4 nitrogen and oxygen atoms in total. The summed E-state index contributed by atoms with van der Waals surface area (Å²) >= 11 is 0. The Bertz CT molecular complexity index is 369. The third-order valence-corrected chi connectivity index (χ3v) is 2.05. The summed E-state index contributed by atoms with van der Waals surface area (Å²) in [6.45, 7) is 1.00. The number of anilines is 1. The lowest BCUT2D eigenvalue weighted by atomic mass is 10.1. The molecule has 0 bridgehead atoms. The third-order valence-electron chi connectivity index (χ3n) is 2.05. The molecule has 1 aromatic rings. The van der Waals surface area contributed by atoms with Crippen LogP contribution in [0.3, 0.4) is 0 Å². The molecule has 0 aromatic heterocycles. The highest BCUT2D eigenvalue weighted by Gasteiger charge is 2.10. The lowest BCUT2D eigenvalue weighted by Crippen LogP contribution is -2.26. The van der Waals surface area contributed by atoms with Gasteiger partial charge in [0.1, 0.15) is 5.82 Å². The van der Waals surface area contributed by atoms with E-state index in [-0.39, 0.29) is 5.56 Å². The van der Waals surface area contributed by atoms with Crippen LogP contribution in [0.1, 0.15) is 16.8 Å². The van der Waals surface area contributed by atoms with Crippen molar-refractivity contribution in [1.29, 1.82) is 0 Å². The largest absolute Gasteiger partial charge is 0.399 e. The summed E-state index contributed by atoms with van der Waals surface area (Å²) in [7, 11) is 1.58. The van der Waals surface area contributed by atoms with Crippen molar-refractivity contribution in [3.63, 3.8) is 0 Å². The smallest absolute Gasteiger partial charge is 0.254 e. The van der Waals surface area contributed by atoms with E-state index in [1.807, 2.05) is 0 Å². The first-order valence-electron chi connectivity index (χ1n) is 4.97. The zero-order chi connectivity index (χ0) is 12.0. The average Bonchev–Trinajstić information content (AvgIpc) is 2.27. The number of carbonyl (C=O) groups excluding carboxylic acids is 1. The highest BCUT2D eigenvalue weighted by molar-refractivity contribution is 5.95. The molecule has 88 valence electrons. The van der Waals surface area contributed by atoms with Crippen molar-refractivity contribution in [2.45, 2.75) is 6.42 Å². The molecule has 1 rings (SSSR count). The number of methoxy groups -OCH3 is 1. The van der Waals surface area contributed by atoms with Crippen molar-refractivity contribution >= 4 is 11.6 Å². The lowest BCUT2D eigenvalue weighted by Gasteiger charge is -2.06. The van der Waals surface area contributed by atoms with Gasteiger partial charge in [-0.05, 0) is 24.6 Å². The minimum absolute atomic E-state index is 0.0302. The minimum Gasteiger partial charge on any atom is -0.399 e. The molecule has 0 saturated carbocycles. The standard InChI is InChI=1S/C11H15FN2O2/c1-16-6-2-5-14-11(15)9-7-8(13)3-4-10(9)12/h3-4,7H,2,5-6,13H2,1H3,(H,14,15). The van der Waals surface area contributed by atoms with Crippen molar-refractivity contribution in [3.05, 3.63) is 29.6 Å². The Balaban J connectivity index is 2.55. The Kier molecular flexibility index (Phi) is 4.72. The van der Waals surface area contributed by atoms with E-state index >= 15 is 0 Å². The van der Waals surface area contributed by atoms with Gasteiger partial charge in [-0.15, -0.1) is 0 Å². The van der Waals surface area contributed by atoms with E-state index in [0.29, 0.717) is 25.3 Å². The van der Waals surface area contributed by atoms with Gasteiger partial charge in [0.05, 0.1) is 5.56 Å². The molecule has 3 N–H and O–H groups in total. The van der Waals surface area contributed by atoms with Gasteiger partial charge in [-0.25, -0.2) is 4.39 Å².